The molecule has 0 aromatic heterocycles. The van der Waals surface area contributed by atoms with Crippen LogP contribution in [0.15, 0.2) is 23.0 Å². The van der Waals surface area contributed by atoms with E-state index in [0.717, 1.165) is 18.4 Å². The van der Waals surface area contributed by atoms with Crippen LogP contribution in [-0.4, -0.2) is 17.7 Å². The fourth-order valence-corrected chi connectivity index (χ4v) is 2.93. The standard InChI is InChI=1S/C20H34O3/c1-8-11-23-17(21)10-9-14-12-15(19(2,3)4)18(22)16(13-14)20(5,6)7/h12,16,22H,8-11,13H2,1-7H3. The predicted molar refractivity (Wildman–Crippen MR) is 95.2 cm³/mol. The van der Waals surface area contributed by atoms with E-state index < -0.39 is 0 Å². The maximum atomic E-state index is 11.8. The van der Waals surface area contributed by atoms with Crippen molar-refractivity contribution in [3.63, 3.8) is 0 Å². The SMILES string of the molecule is CCCOC(=O)CCC1=CC(C(C)(C)C)=C(O)C(C(C)(C)C)C1. The summed E-state index contributed by atoms with van der Waals surface area (Å²) in [5, 5.41) is 10.8. The van der Waals surface area contributed by atoms with Crippen LogP contribution in [0.5, 0.6) is 0 Å². The smallest absolute Gasteiger partial charge is 0.306 e. The van der Waals surface area contributed by atoms with Crippen molar-refractivity contribution < 1.29 is 14.6 Å². The van der Waals surface area contributed by atoms with Crippen LogP contribution in [0, 0.1) is 16.7 Å². The van der Waals surface area contributed by atoms with Gasteiger partial charge in [0.15, 0.2) is 0 Å². The number of allylic oxidation sites excluding steroid dienone is 4. The van der Waals surface area contributed by atoms with Gasteiger partial charge in [0.25, 0.3) is 0 Å². The fourth-order valence-electron chi connectivity index (χ4n) is 2.93. The molecule has 1 atom stereocenters. The van der Waals surface area contributed by atoms with Gasteiger partial charge in [0.2, 0.25) is 0 Å². The molecule has 0 saturated heterocycles. The second-order valence-corrected chi connectivity index (χ2v) is 8.69. The molecule has 3 heteroatoms. The third-order valence-electron chi connectivity index (χ3n) is 4.39. The summed E-state index contributed by atoms with van der Waals surface area (Å²) < 4.78 is 5.16. The molecule has 0 saturated carbocycles. The van der Waals surface area contributed by atoms with Crippen LogP contribution in [0.4, 0.5) is 0 Å². The Labute approximate surface area is 141 Å². The molecule has 1 rings (SSSR count). The Morgan fingerprint density at radius 1 is 1.26 bits per heavy atom. The molecule has 0 aliphatic heterocycles. The van der Waals surface area contributed by atoms with Gasteiger partial charge >= 0.3 is 5.97 Å². The number of rotatable bonds is 5. The second-order valence-electron chi connectivity index (χ2n) is 8.69. The van der Waals surface area contributed by atoms with Gasteiger partial charge in [-0.25, -0.2) is 0 Å². The molecule has 3 nitrogen and oxygen atoms in total. The Kier molecular flexibility index (Phi) is 6.49. The highest BCUT2D eigenvalue weighted by Crippen LogP contribution is 2.45. The lowest BCUT2D eigenvalue weighted by Crippen LogP contribution is -2.29. The molecule has 1 N–H and O–H groups in total. The molecule has 0 amide bonds. The van der Waals surface area contributed by atoms with Crippen LogP contribution in [0.2, 0.25) is 0 Å². The van der Waals surface area contributed by atoms with Gasteiger partial charge < -0.3 is 9.84 Å². The third-order valence-corrected chi connectivity index (χ3v) is 4.39. The summed E-state index contributed by atoms with van der Waals surface area (Å²) >= 11 is 0. The monoisotopic (exact) mass is 322 g/mol. The van der Waals surface area contributed by atoms with Gasteiger partial charge in [-0.2, -0.15) is 0 Å². The average molecular weight is 322 g/mol. The van der Waals surface area contributed by atoms with E-state index in [1.807, 2.05) is 6.92 Å². The molecule has 0 aromatic carbocycles. The van der Waals surface area contributed by atoms with E-state index in [9.17, 15) is 9.90 Å². The first-order valence-corrected chi connectivity index (χ1v) is 8.75. The summed E-state index contributed by atoms with van der Waals surface area (Å²) in [4.78, 5) is 11.8. The summed E-state index contributed by atoms with van der Waals surface area (Å²) in [5.41, 5.74) is 2.12. The van der Waals surface area contributed by atoms with Gasteiger partial charge in [0, 0.05) is 12.3 Å². The van der Waals surface area contributed by atoms with Crippen molar-refractivity contribution in [2.24, 2.45) is 16.7 Å². The number of aliphatic hydroxyl groups excluding tert-OH is 1. The van der Waals surface area contributed by atoms with Crippen LogP contribution in [0.25, 0.3) is 0 Å². The molecular formula is C20H34O3. The van der Waals surface area contributed by atoms with Crippen molar-refractivity contribution >= 4 is 5.97 Å². The lowest BCUT2D eigenvalue weighted by molar-refractivity contribution is -0.143. The summed E-state index contributed by atoms with van der Waals surface area (Å²) in [6.07, 6.45) is 4.90. The maximum Gasteiger partial charge on any atom is 0.306 e. The molecule has 1 unspecified atom stereocenters. The third kappa shape index (κ3) is 5.71. The highest BCUT2D eigenvalue weighted by Gasteiger charge is 2.36. The van der Waals surface area contributed by atoms with Gasteiger partial charge in [0.05, 0.1) is 12.4 Å². The molecule has 0 bridgehead atoms. The van der Waals surface area contributed by atoms with Crippen LogP contribution in [-0.2, 0) is 9.53 Å². The number of hydrogen-bond donors (Lipinski definition) is 1. The molecule has 132 valence electrons. The maximum absolute atomic E-state index is 11.8. The van der Waals surface area contributed by atoms with Crippen molar-refractivity contribution in [2.45, 2.75) is 74.1 Å². The highest BCUT2D eigenvalue weighted by atomic mass is 16.5. The fraction of sp³-hybridized carbons (Fsp3) is 0.750. The summed E-state index contributed by atoms with van der Waals surface area (Å²) in [5.74, 6) is 0.488. The van der Waals surface area contributed by atoms with E-state index in [-0.39, 0.29) is 22.7 Å². The van der Waals surface area contributed by atoms with E-state index in [4.69, 9.17) is 4.74 Å². The van der Waals surface area contributed by atoms with Crippen molar-refractivity contribution in [3.8, 4) is 0 Å². The van der Waals surface area contributed by atoms with Crippen LogP contribution >= 0.6 is 0 Å². The molecule has 23 heavy (non-hydrogen) atoms. The quantitative estimate of drug-likeness (QED) is 0.673. The van der Waals surface area contributed by atoms with E-state index in [1.165, 1.54) is 5.57 Å². The second kappa shape index (κ2) is 7.55. The van der Waals surface area contributed by atoms with Crippen LogP contribution in [0.3, 0.4) is 0 Å². The van der Waals surface area contributed by atoms with Crippen LogP contribution < -0.4 is 0 Å². The number of hydrogen-bond acceptors (Lipinski definition) is 3. The number of aliphatic hydroxyl groups is 1. The number of ether oxygens (including phenoxy) is 1. The minimum atomic E-state index is -0.129. The molecule has 1 aliphatic carbocycles. The van der Waals surface area contributed by atoms with Gasteiger partial charge in [0.1, 0.15) is 0 Å². The zero-order chi connectivity index (χ0) is 17.8. The van der Waals surface area contributed by atoms with E-state index in [2.05, 4.69) is 47.6 Å². The van der Waals surface area contributed by atoms with Crippen LogP contribution in [0.1, 0.15) is 74.1 Å². The van der Waals surface area contributed by atoms with Crippen molar-refractivity contribution in [2.75, 3.05) is 6.61 Å². The first-order chi connectivity index (χ1) is 10.5. The molecular weight excluding hydrogens is 288 g/mol. The Hall–Kier alpha value is -1.25. The first-order valence-electron chi connectivity index (χ1n) is 8.75. The molecule has 0 spiro atoms. The average Bonchev–Trinajstić information content (AvgIpc) is 2.41. The number of esters is 1. The predicted octanol–water partition coefficient (Wildman–Crippen LogP) is 5.57. The van der Waals surface area contributed by atoms with Gasteiger partial charge in [-0.15, -0.1) is 0 Å². The Balaban J connectivity index is 2.94. The molecule has 0 fully saturated rings. The Bertz CT molecular complexity index is 484. The topological polar surface area (TPSA) is 46.5 Å². The lowest BCUT2D eigenvalue weighted by atomic mass is 9.68. The van der Waals surface area contributed by atoms with E-state index in [0.29, 0.717) is 25.2 Å². The molecule has 1 aliphatic rings. The molecule has 0 heterocycles. The van der Waals surface area contributed by atoms with Gasteiger partial charge in [-0.05, 0) is 35.7 Å². The molecule has 0 aromatic rings. The highest BCUT2D eigenvalue weighted by molar-refractivity contribution is 5.69. The van der Waals surface area contributed by atoms with Crippen molar-refractivity contribution in [1.82, 2.24) is 0 Å². The minimum Gasteiger partial charge on any atom is -0.512 e. The zero-order valence-corrected chi connectivity index (χ0v) is 16.0. The van der Waals surface area contributed by atoms with E-state index in [1.54, 1.807) is 0 Å². The first kappa shape index (κ1) is 19.8. The van der Waals surface area contributed by atoms with Gasteiger partial charge in [-0.3, -0.25) is 4.79 Å². The minimum absolute atomic E-state index is 0.0111. The number of carbonyl (C=O) groups is 1. The largest absolute Gasteiger partial charge is 0.512 e. The summed E-state index contributed by atoms with van der Waals surface area (Å²) in [7, 11) is 0. The molecule has 0 radical (unpaired) electrons. The Morgan fingerprint density at radius 3 is 2.35 bits per heavy atom. The van der Waals surface area contributed by atoms with E-state index >= 15 is 0 Å². The number of carbonyl (C=O) groups excluding carboxylic acids is 1. The zero-order valence-electron chi connectivity index (χ0n) is 16.0. The Morgan fingerprint density at radius 2 is 1.87 bits per heavy atom. The van der Waals surface area contributed by atoms with Gasteiger partial charge in [-0.1, -0.05) is 60.1 Å². The summed E-state index contributed by atoms with van der Waals surface area (Å²) in [6.45, 7) is 15.3. The normalized spacial score (nSPS) is 19.6. The van der Waals surface area contributed by atoms with Crippen molar-refractivity contribution in [1.29, 1.82) is 0 Å². The lowest BCUT2D eigenvalue weighted by Gasteiger charge is -2.37. The summed E-state index contributed by atoms with van der Waals surface area (Å²) in [6, 6.07) is 0. The van der Waals surface area contributed by atoms with Crippen molar-refractivity contribution in [3.05, 3.63) is 23.0 Å².